The summed E-state index contributed by atoms with van der Waals surface area (Å²) < 4.78 is 7.43. The summed E-state index contributed by atoms with van der Waals surface area (Å²) in [6, 6.07) is 20.3. The molecule has 1 aromatic heterocycles. The van der Waals surface area contributed by atoms with Crippen molar-refractivity contribution < 1.29 is 14.6 Å². The van der Waals surface area contributed by atoms with Crippen LogP contribution in [0.1, 0.15) is 37.8 Å². The number of carbonyl (C=O) groups is 1. The van der Waals surface area contributed by atoms with E-state index in [1.165, 1.54) is 0 Å². The highest BCUT2D eigenvalue weighted by Gasteiger charge is 2.26. The molecule has 6 nitrogen and oxygen atoms in total. The van der Waals surface area contributed by atoms with E-state index in [-0.39, 0.29) is 6.61 Å². The van der Waals surface area contributed by atoms with Gasteiger partial charge in [-0.1, -0.05) is 54.1 Å². The van der Waals surface area contributed by atoms with Crippen molar-refractivity contribution in [3.8, 4) is 28.5 Å². The van der Waals surface area contributed by atoms with E-state index in [1.807, 2.05) is 36.4 Å². The Morgan fingerprint density at radius 3 is 2.49 bits per heavy atom. The Hall–Kier alpha value is -3.14. The molecular weight excluding hydrogens is 462 g/mol. The van der Waals surface area contributed by atoms with E-state index in [2.05, 4.69) is 29.0 Å². The van der Waals surface area contributed by atoms with Crippen LogP contribution in [0.4, 0.5) is 0 Å². The number of rotatable bonds is 10. The number of benzene rings is 2. The standard InChI is InChI=1S/C28H30ClN3O3/c29-24-9-4-8-23(16-24)27-25(10-5-15-30)32(31-28(27)22-6-2-1-3-7-22)17-20-11-13-21(14-12-20)18-35-19-26(33)34/h1-4,6-9,16,20-21H,5,10-14,17-19H2,(H,33,34). The number of aromatic nitrogens is 2. The van der Waals surface area contributed by atoms with Crippen LogP contribution in [-0.4, -0.2) is 34.1 Å². The van der Waals surface area contributed by atoms with E-state index in [0.29, 0.717) is 36.3 Å². The van der Waals surface area contributed by atoms with Crippen LogP contribution in [0.25, 0.3) is 22.4 Å². The highest BCUT2D eigenvalue weighted by atomic mass is 35.5. The van der Waals surface area contributed by atoms with Gasteiger partial charge in [-0.2, -0.15) is 10.4 Å². The molecule has 3 aromatic rings. The third kappa shape index (κ3) is 6.50. The Labute approximate surface area is 211 Å². The molecule has 0 amide bonds. The first-order chi connectivity index (χ1) is 17.0. The molecule has 4 rings (SSSR count). The first-order valence-electron chi connectivity index (χ1n) is 12.1. The highest BCUT2D eigenvalue weighted by Crippen LogP contribution is 2.38. The maximum absolute atomic E-state index is 10.7. The maximum Gasteiger partial charge on any atom is 0.329 e. The Morgan fingerprint density at radius 2 is 1.80 bits per heavy atom. The predicted octanol–water partition coefficient (Wildman–Crippen LogP) is 6.23. The van der Waals surface area contributed by atoms with E-state index in [9.17, 15) is 10.1 Å². The van der Waals surface area contributed by atoms with Crippen LogP contribution >= 0.6 is 11.6 Å². The Kier molecular flexibility index (Phi) is 8.57. The normalized spacial score (nSPS) is 17.7. The van der Waals surface area contributed by atoms with Gasteiger partial charge in [0.25, 0.3) is 0 Å². The zero-order valence-corrected chi connectivity index (χ0v) is 20.5. The van der Waals surface area contributed by atoms with Gasteiger partial charge >= 0.3 is 5.97 Å². The molecule has 1 N–H and O–H groups in total. The SMILES string of the molecule is N#CCCc1c(-c2cccc(Cl)c2)c(-c2ccccc2)nn1CC1CCC(COCC(=O)O)CC1. The lowest BCUT2D eigenvalue weighted by Gasteiger charge is -2.28. The number of carboxylic acid groups (broad SMARTS) is 1. The van der Waals surface area contributed by atoms with E-state index in [1.54, 1.807) is 0 Å². The summed E-state index contributed by atoms with van der Waals surface area (Å²) in [4.78, 5) is 10.7. The smallest absolute Gasteiger partial charge is 0.329 e. The summed E-state index contributed by atoms with van der Waals surface area (Å²) in [5, 5.41) is 23.9. The average molecular weight is 492 g/mol. The summed E-state index contributed by atoms with van der Waals surface area (Å²) in [6.07, 6.45) is 5.17. The van der Waals surface area contributed by atoms with Gasteiger partial charge in [0, 0.05) is 41.2 Å². The summed E-state index contributed by atoms with van der Waals surface area (Å²) in [7, 11) is 0. The fourth-order valence-corrected chi connectivity index (χ4v) is 5.15. The molecule has 1 aliphatic carbocycles. The highest BCUT2D eigenvalue weighted by molar-refractivity contribution is 6.30. The van der Waals surface area contributed by atoms with Crippen molar-refractivity contribution >= 4 is 17.6 Å². The molecule has 1 aliphatic rings. The third-order valence-corrected chi connectivity index (χ3v) is 6.90. The maximum atomic E-state index is 10.7. The zero-order valence-electron chi connectivity index (χ0n) is 19.7. The lowest BCUT2D eigenvalue weighted by Crippen LogP contribution is -2.23. The van der Waals surface area contributed by atoms with E-state index < -0.39 is 5.97 Å². The number of hydrogen-bond donors (Lipinski definition) is 1. The Balaban J connectivity index is 1.61. The van der Waals surface area contributed by atoms with E-state index >= 15 is 0 Å². The topological polar surface area (TPSA) is 88.1 Å². The molecule has 0 atom stereocenters. The van der Waals surface area contributed by atoms with Crippen LogP contribution in [0.5, 0.6) is 0 Å². The lowest BCUT2D eigenvalue weighted by molar-refractivity contribution is -0.142. The number of nitriles is 1. The minimum atomic E-state index is -0.924. The molecule has 1 fully saturated rings. The fourth-order valence-electron chi connectivity index (χ4n) is 4.96. The number of hydrogen-bond acceptors (Lipinski definition) is 4. The molecule has 0 aliphatic heterocycles. The molecule has 2 aromatic carbocycles. The van der Waals surface area contributed by atoms with Gasteiger partial charge in [-0.05, 0) is 55.2 Å². The monoisotopic (exact) mass is 491 g/mol. The minimum Gasteiger partial charge on any atom is -0.480 e. The molecule has 0 bridgehead atoms. The molecule has 0 radical (unpaired) electrons. The van der Waals surface area contributed by atoms with E-state index in [0.717, 1.165) is 60.3 Å². The summed E-state index contributed by atoms with van der Waals surface area (Å²) in [6.45, 7) is 1.07. The summed E-state index contributed by atoms with van der Waals surface area (Å²) >= 11 is 6.36. The number of ether oxygens (including phenoxy) is 1. The first-order valence-corrected chi connectivity index (χ1v) is 12.5. The van der Waals surface area contributed by atoms with Crippen LogP contribution in [0, 0.1) is 23.2 Å². The molecule has 1 saturated carbocycles. The first kappa shape index (κ1) is 25.0. The summed E-state index contributed by atoms with van der Waals surface area (Å²) in [5.41, 5.74) is 5.08. The molecule has 0 unspecified atom stereocenters. The van der Waals surface area contributed by atoms with Gasteiger partial charge in [0.2, 0.25) is 0 Å². The van der Waals surface area contributed by atoms with Crippen LogP contribution in [-0.2, 0) is 22.5 Å². The molecule has 0 spiro atoms. The largest absolute Gasteiger partial charge is 0.480 e. The van der Waals surface area contributed by atoms with Crippen LogP contribution in [0.2, 0.25) is 5.02 Å². The van der Waals surface area contributed by atoms with Gasteiger partial charge in [-0.15, -0.1) is 0 Å². The van der Waals surface area contributed by atoms with Crippen molar-refractivity contribution in [3.05, 3.63) is 65.3 Å². The minimum absolute atomic E-state index is 0.232. The van der Waals surface area contributed by atoms with Crippen LogP contribution in [0.15, 0.2) is 54.6 Å². The third-order valence-electron chi connectivity index (χ3n) is 6.67. The second-order valence-electron chi connectivity index (χ2n) is 9.18. The number of halogens is 1. The van der Waals surface area contributed by atoms with Gasteiger partial charge in [0.05, 0.1) is 12.7 Å². The Bertz CT molecular complexity index is 1180. The second kappa shape index (κ2) is 12.0. The van der Waals surface area contributed by atoms with Gasteiger partial charge in [-0.3, -0.25) is 4.68 Å². The van der Waals surface area contributed by atoms with E-state index in [4.69, 9.17) is 26.5 Å². The van der Waals surface area contributed by atoms with Gasteiger partial charge in [0.1, 0.15) is 12.3 Å². The molecule has 7 heteroatoms. The predicted molar refractivity (Wildman–Crippen MR) is 136 cm³/mol. The van der Waals surface area contributed by atoms with Crippen molar-refractivity contribution in [2.75, 3.05) is 13.2 Å². The average Bonchev–Trinajstić information content (AvgIpc) is 3.22. The van der Waals surface area contributed by atoms with Crippen molar-refractivity contribution in [2.24, 2.45) is 11.8 Å². The van der Waals surface area contributed by atoms with Gasteiger partial charge in [0.15, 0.2) is 0 Å². The zero-order chi connectivity index (χ0) is 24.6. The van der Waals surface area contributed by atoms with Crippen molar-refractivity contribution in [2.45, 2.75) is 45.1 Å². The molecule has 182 valence electrons. The fraction of sp³-hybridized carbons (Fsp3) is 0.393. The van der Waals surface area contributed by atoms with Crippen LogP contribution < -0.4 is 0 Å². The summed E-state index contributed by atoms with van der Waals surface area (Å²) in [5.74, 6) is -0.0440. The Morgan fingerprint density at radius 1 is 1.09 bits per heavy atom. The van der Waals surface area contributed by atoms with Gasteiger partial charge < -0.3 is 9.84 Å². The van der Waals surface area contributed by atoms with Crippen LogP contribution in [0.3, 0.4) is 0 Å². The molecular formula is C28H30ClN3O3. The number of nitrogens with zero attached hydrogens (tertiary/aromatic N) is 3. The quantitative estimate of drug-likeness (QED) is 0.363. The number of carboxylic acids is 1. The molecule has 1 heterocycles. The van der Waals surface area contributed by atoms with Gasteiger partial charge in [-0.25, -0.2) is 4.79 Å². The molecule has 0 saturated heterocycles. The molecule has 35 heavy (non-hydrogen) atoms. The second-order valence-corrected chi connectivity index (χ2v) is 9.62. The van der Waals surface area contributed by atoms with Crippen molar-refractivity contribution in [3.63, 3.8) is 0 Å². The van der Waals surface area contributed by atoms with Crippen molar-refractivity contribution in [1.29, 1.82) is 5.26 Å². The number of aliphatic carboxylic acids is 1. The lowest BCUT2D eigenvalue weighted by atomic mass is 9.82. The van der Waals surface area contributed by atoms with Crippen molar-refractivity contribution in [1.82, 2.24) is 9.78 Å².